The molecular weight excluding hydrogens is 270 g/mol. The van der Waals surface area contributed by atoms with Crippen LogP contribution >= 0.6 is 0 Å². The molecule has 1 saturated carbocycles. The van der Waals surface area contributed by atoms with Gasteiger partial charge in [-0.25, -0.2) is 9.36 Å². The quantitative estimate of drug-likeness (QED) is 0.923. The summed E-state index contributed by atoms with van der Waals surface area (Å²) in [5.41, 5.74) is -0.0428. The lowest BCUT2D eigenvalue weighted by Gasteiger charge is -2.14. The van der Waals surface area contributed by atoms with E-state index < -0.39 is 0 Å². The summed E-state index contributed by atoms with van der Waals surface area (Å²) in [5.74, 6) is 0.327. The number of carbonyl (C=O) groups excluding carboxylic acids is 1. The first-order valence-electron chi connectivity index (χ1n) is 7.04. The van der Waals surface area contributed by atoms with Crippen LogP contribution in [0, 0.1) is 0 Å². The monoisotopic (exact) mass is 287 g/mol. The van der Waals surface area contributed by atoms with E-state index in [-0.39, 0.29) is 17.2 Å². The Bertz CT molecular complexity index is 712. The molecule has 2 heterocycles. The zero-order chi connectivity index (χ0) is 14.8. The number of nitrogens with one attached hydrogen (secondary N) is 1. The molecule has 2 aromatic rings. The number of hydrogen-bond donors (Lipinski definition) is 1. The summed E-state index contributed by atoms with van der Waals surface area (Å²) in [4.78, 5) is 23.5. The van der Waals surface area contributed by atoms with Gasteiger partial charge in [0.25, 0.3) is 11.5 Å². The topological polar surface area (TPSA) is 81.8 Å². The smallest absolute Gasteiger partial charge is 0.277 e. The lowest BCUT2D eigenvalue weighted by molar-refractivity contribution is 0.101. The van der Waals surface area contributed by atoms with Crippen molar-refractivity contribution in [3.8, 4) is 0 Å². The molecule has 1 aliphatic rings. The molecule has 0 atom stereocenters. The molecule has 1 amide bonds. The molecular formula is C14H17N5O2. The Balaban J connectivity index is 1.80. The fraction of sp³-hybridized carbons (Fsp3) is 0.429. The zero-order valence-corrected chi connectivity index (χ0v) is 11.8. The van der Waals surface area contributed by atoms with Crippen LogP contribution in [-0.2, 0) is 7.05 Å². The summed E-state index contributed by atoms with van der Waals surface area (Å²) < 4.78 is 3.01. The predicted octanol–water partition coefficient (Wildman–Crippen LogP) is 1.34. The van der Waals surface area contributed by atoms with Crippen LogP contribution in [0.3, 0.4) is 0 Å². The maximum Gasteiger partial charge on any atom is 0.277 e. The molecule has 7 nitrogen and oxygen atoms in total. The molecule has 7 heteroatoms. The Morgan fingerprint density at radius 2 is 2.05 bits per heavy atom. The van der Waals surface area contributed by atoms with Crippen molar-refractivity contribution in [2.24, 2.45) is 7.05 Å². The van der Waals surface area contributed by atoms with Gasteiger partial charge in [0.15, 0.2) is 0 Å². The van der Waals surface area contributed by atoms with Crippen LogP contribution in [0.25, 0.3) is 0 Å². The number of aromatic nitrogens is 4. The van der Waals surface area contributed by atoms with E-state index >= 15 is 0 Å². The van der Waals surface area contributed by atoms with E-state index in [1.54, 1.807) is 12.3 Å². The van der Waals surface area contributed by atoms with Gasteiger partial charge < -0.3 is 5.32 Å². The van der Waals surface area contributed by atoms with E-state index in [4.69, 9.17) is 0 Å². The fourth-order valence-corrected chi connectivity index (χ4v) is 2.66. The molecule has 1 fully saturated rings. The van der Waals surface area contributed by atoms with Crippen molar-refractivity contribution >= 4 is 11.7 Å². The molecule has 3 rings (SSSR count). The van der Waals surface area contributed by atoms with Crippen molar-refractivity contribution in [2.75, 3.05) is 5.32 Å². The van der Waals surface area contributed by atoms with Crippen molar-refractivity contribution in [3.05, 3.63) is 40.4 Å². The highest BCUT2D eigenvalue weighted by atomic mass is 16.2. The van der Waals surface area contributed by atoms with Gasteiger partial charge in [-0.1, -0.05) is 12.8 Å². The Kier molecular flexibility index (Phi) is 3.55. The van der Waals surface area contributed by atoms with Crippen LogP contribution < -0.4 is 10.9 Å². The second-order valence-electron chi connectivity index (χ2n) is 5.23. The summed E-state index contributed by atoms with van der Waals surface area (Å²) in [7, 11) is 1.52. The third-order valence-corrected chi connectivity index (χ3v) is 3.78. The van der Waals surface area contributed by atoms with Gasteiger partial charge in [0.05, 0.1) is 12.2 Å². The van der Waals surface area contributed by atoms with Crippen molar-refractivity contribution in [3.63, 3.8) is 0 Å². The summed E-state index contributed by atoms with van der Waals surface area (Å²) in [6, 6.07) is 4.88. The standard InChI is InChI=1S/C14H17N5O2/c1-18-13(20)7-6-11(17-18)14(21)16-12-8-9-15-19(12)10-4-2-3-5-10/h6-10H,2-5H2,1H3,(H,16,21). The minimum Gasteiger partial charge on any atom is -0.305 e. The molecule has 0 aliphatic heterocycles. The second-order valence-corrected chi connectivity index (χ2v) is 5.23. The maximum atomic E-state index is 12.2. The normalized spacial score (nSPS) is 15.3. The Labute approximate surface area is 121 Å². The van der Waals surface area contributed by atoms with E-state index in [1.807, 2.05) is 4.68 Å². The van der Waals surface area contributed by atoms with Gasteiger partial charge in [-0.2, -0.15) is 10.2 Å². The highest BCUT2D eigenvalue weighted by molar-refractivity contribution is 6.02. The van der Waals surface area contributed by atoms with Gasteiger partial charge in [0.1, 0.15) is 11.5 Å². The summed E-state index contributed by atoms with van der Waals surface area (Å²) >= 11 is 0. The first-order chi connectivity index (χ1) is 10.1. The first kappa shape index (κ1) is 13.5. The minimum absolute atomic E-state index is 0.205. The van der Waals surface area contributed by atoms with Gasteiger partial charge in [-0.15, -0.1) is 0 Å². The highest BCUT2D eigenvalue weighted by Crippen LogP contribution is 2.31. The zero-order valence-electron chi connectivity index (χ0n) is 11.8. The van der Waals surface area contributed by atoms with Gasteiger partial charge in [-0.3, -0.25) is 9.59 Å². The Morgan fingerprint density at radius 1 is 1.29 bits per heavy atom. The number of anilines is 1. The molecule has 0 bridgehead atoms. The summed E-state index contributed by atoms with van der Waals surface area (Å²) in [5, 5.41) is 11.1. The van der Waals surface area contributed by atoms with E-state index in [0.29, 0.717) is 11.9 Å². The predicted molar refractivity (Wildman–Crippen MR) is 77.2 cm³/mol. The minimum atomic E-state index is -0.342. The van der Waals surface area contributed by atoms with Crippen LogP contribution in [0.15, 0.2) is 29.2 Å². The molecule has 2 aromatic heterocycles. The molecule has 110 valence electrons. The molecule has 1 aliphatic carbocycles. The average Bonchev–Trinajstić information content (AvgIpc) is 3.12. The van der Waals surface area contributed by atoms with Crippen LogP contribution in [0.4, 0.5) is 5.82 Å². The third-order valence-electron chi connectivity index (χ3n) is 3.78. The van der Waals surface area contributed by atoms with Crippen LogP contribution in [0.1, 0.15) is 42.2 Å². The Hall–Kier alpha value is -2.44. The van der Waals surface area contributed by atoms with Crippen molar-refractivity contribution < 1.29 is 4.79 Å². The number of amides is 1. The summed E-state index contributed by atoms with van der Waals surface area (Å²) in [6.45, 7) is 0. The lowest BCUT2D eigenvalue weighted by Crippen LogP contribution is -2.24. The molecule has 1 N–H and O–H groups in total. The van der Waals surface area contributed by atoms with Gasteiger partial charge in [0.2, 0.25) is 0 Å². The van der Waals surface area contributed by atoms with E-state index in [2.05, 4.69) is 15.5 Å². The first-order valence-corrected chi connectivity index (χ1v) is 7.04. The molecule has 21 heavy (non-hydrogen) atoms. The van der Waals surface area contributed by atoms with Crippen molar-refractivity contribution in [1.82, 2.24) is 19.6 Å². The molecule has 0 saturated heterocycles. The number of rotatable bonds is 3. The highest BCUT2D eigenvalue weighted by Gasteiger charge is 2.21. The average molecular weight is 287 g/mol. The number of aryl methyl sites for hydroxylation is 1. The fourth-order valence-electron chi connectivity index (χ4n) is 2.66. The van der Waals surface area contributed by atoms with Gasteiger partial charge in [0, 0.05) is 19.2 Å². The SMILES string of the molecule is Cn1nc(C(=O)Nc2ccnn2C2CCCC2)ccc1=O. The summed E-state index contributed by atoms with van der Waals surface area (Å²) in [6.07, 6.45) is 6.24. The number of carbonyl (C=O) groups is 1. The largest absolute Gasteiger partial charge is 0.305 e. The molecule has 0 radical (unpaired) electrons. The van der Waals surface area contributed by atoms with Gasteiger partial charge >= 0.3 is 0 Å². The molecule has 0 unspecified atom stereocenters. The third kappa shape index (κ3) is 2.72. The molecule has 0 aromatic carbocycles. The lowest BCUT2D eigenvalue weighted by atomic mass is 10.2. The van der Waals surface area contributed by atoms with Crippen molar-refractivity contribution in [1.29, 1.82) is 0 Å². The Morgan fingerprint density at radius 3 is 2.76 bits per heavy atom. The number of hydrogen-bond acceptors (Lipinski definition) is 4. The van der Waals surface area contributed by atoms with Gasteiger partial charge in [-0.05, 0) is 18.9 Å². The molecule has 0 spiro atoms. The van der Waals surface area contributed by atoms with E-state index in [9.17, 15) is 9.59 Å². The number of nitrogens with zero attached hydrogens (tertiary/aromatic N) is 4. The van der Waals surface area contributed by atoms with Crippen molar-refractivity contribution in [2.45, 2.75) is 31.7 Å². The van der Waals surface area contributed by atoms with E-state index in [1.165, 1.54) is 32.0 Å². The van der Waals surface area contributed by atoms with Crippen LogP contribution in [0.5, 0.6) is 0 Å². The maximum absolute atomic E-state index is 12.2. The van der Waals surface area contributed by atoms with Crippen LogP contribution in [-0.4, -0.2) is 25.5 Å². The van der Waals surface area contributed by atoms with Crippen LogP contribution in [0.2, 0.25) is 0 Å². The van der Waals surface area contributed by atoms with E-state index in [0.717, 1.165) is 17.5 Å². The second kappa shape index (κ2) is 5.51.